The summed E-state index contributed by atoms with van der Waals surface area (Å²) in [5.74, 6) is 0.292. The molecule has 1 N–H and O–H groups in total. The topological polar surface area (TPSA) is 86.1 Å². The highest BCUT2D eigenvalue weighted by molar-refractivity contribution is 7.99. The molecule has 1 aromatic heterocycles. The van der Waals surface area contributed by atoms with E-state index >= 15 is 0 Å². The molecule has 0 atom stereocenters. The summed E-state index contributed by atoms with van der Waals surface area (Å²) in [4.78, 5) is 23.8. The number of aromatic nitrogens is 3. The number of benzene rings is 2. The van der Waals surface area contributed by atoms with E-state index in [1.54, 1.807) is 24.3 Å². The Morgan fingerprint density at radius 3 is 2.74 bits per heavy atom. The summed E-state index contributed by atoms with van der Waals surface area (Å²) in [5.41, 5.74) is 1.09. The van der Waals surface area contributed by atoms with Crippen molar-refractivity contribution in [2.24, 2.45) is 0 Å². The van der Waals surface area contributed by atoms with E-state index < -0.39 is 5.82 Å². The second-order valence-corrected chi connectivity index (χ2v) is 7.83. The molecule has 0 saturated carbocycles. The van der Waals surface area contributed by atoms with Gasteiger partial charge in [-0.05, 0) is 38.1 Å². The van der Waals surface area contributed by atoms with Crippen LogP contribution in [0.3, 0.4) is 0 Å². The maximum absolute atomic E-state index is 13.3. The zero-order valence-corrected chi connectivity index (χ0v) is 18.5. The number of anilines is 1. The van der Waals surface area contributed by atoms with Crippen LogP contribution < -0.4 is 10.1 Å². The number of hydrogen-bond donors (Lipinski definition) is 1. The number of amides is 1. The van der Waals surface area contributed by atoms with E-state index in [0.29, 0.717) is 34.5 Å². The van der Waals surface area contributed by atoms with Gasteiger partial charge in [0, 0.05) is 23.9 Å². The molecule has 31 heavy (non-hydrogen) atoms. The average Bonchev–Trinajstić information content (AvgIpc) is 3.15. The summed E-state index contributed by atoms with van der Waals surface area (Å²) < 4.78 is 20.7. The van der Waals surface area contributed by atoms with Gasteiger partial charge in [-0.15, -0.1) is 10.2 Å². The van der Waals surface area contributed by atoms with Gasteiger partial charge in [-0.2, -0.15) is 0 Å². The molecule has 162 valence electrons. The van der Waals surface area contributed by atoms with Crippen molar-refractivity contribution >= 4 is 40.7 Å². The molecule has 0 fully saturated rings. The van der Waals surface area contributed by atoms with E-state index in [9.17, 15) is 14.0 Å². The average molecular weight is 463 g/mol. The molecule has 3 aromatic rings. The molecule has 0 saturated heterocycles. The zero-order chi connectivity index (χ0) is 22.4. The monoisotopic (exact) mass is 462 g/mol. The van der Waals surface area contributed by atoms with Crippen molar-refractivity contribution in [2.45, 2.75) is 32.2 Å². The van der Waals surface area contributed by atoms with Crippen molar-refractivity contribution in [2.75, 3.05) is 11.1 Å². The second-order valence-electron chi connectivity index (χ2n) is 6.48. The second kappa shape index (κ2) is 10.4. The highest BCUT2D eigenvalue weighted by atomic mass is 35.5. The summed E-state index contributed by atoms with van der Waals surface area (Å²) in [5, 5.41) is 11.6. The maximum Gasteiger partial charge on any atom is 0.234 e. The molecule has 0 bridgehead atoms. The Hall–Kier alpha value is -2.91. The number of ketones is 1. The molecule has 0 aliphatic heterocycles. The van der Waals surface area contributed by atoms with E-state index in [-0.39, 0.29) is 29.1 Å². The number of carbonyl (C=O) groups is 2. The molecule has 7 nitrogen and oxygen atoms in total. The van der Waals surface area contributed by atoms with Crippen molar-refractivity contribution < 1.29 is 18.7 Å². The summed E-state index contributed by atoms with van der Waals surface area (Å²) in [7, 11) is 0. The van der Waals surface area contributed by atoms with Gasteiger partial charge in [-0.3, -0.25) is 9.59 Å². The molecule has 0 aliphatic carbocycles. The van der Waals surface area contributed by atoms with Crippen LogP contribution >= 0.6 is 23.4 Å². The Kier molecular flexibility index (Phi) is 7.64. The Balaban J connectivity index is 1.58. The molecule has 0 spiro atoms. The van der Waals surface area contributed by atoms with Gasteiger partial charge in [0.2, 0.25) is 5.91 Å². The van der Waals surface area contributed by atoms with Gasteiger partial charge in [0.15, 0.2) is 16.8 Å². The van der Waals surface area contributed by atoms with Gasteiger partial charge in [-0.1, -0.05) is 35.5 Å². The van der Waals surface area contributed by atoms with E-state index in [0.717, 1.165) is 0 Å². The highest BCUT2D eigenvalue weighted by Crippen LogP contribution is 2.23. The first kappa shape index (κ1) is 22.8. The molecular formula is C21H20ClFN4O3S. The number of ether oxygens (including phenoxy) is 1. The molecule has 0 radical (unpaired) electrons. The summed E-state index contributed by atoms with van der Waals surface area (Å²) in [6, 6.07) is 10.9. The minimum Gasteiger partial charge on any atom is -0.486 e. The zero-order valence-electron chi connectivity index (χ0n) is 16.9. The van der Waals surface area contributed by atoms with Gasteiger partial charge < -0.3 is 14.6 Å². The largest absolute Gasteiger partial charge is 0.486 e. The van der Waals surface area contributed by atoms with Crippen LogP contribution in [-0.4, -0.2) is 32.2 Å². The van der Waals surface area contributed by atoms with Crippen LogP contribution in [0.2, 0.25) is 5.02 Å². The summed E-state index contributed by atoms with van der Waals surface area (Å²) >= 11 is 7.01. The van der Waals surface area contributed by atoms with Crippen LogP contribution in [0, 0.1) is 5.82 Å². The standard InChI is InChI=1S/C21H20ClFN4O3S/c1-3-27-19(11-30-16-7-8-18(23)17(22)10-16)25-26-21(27)31-12-20(29)24-15-6-4-5-14(9-15)13(2)28/h4-10H,3,11-12H2,1-2H3,(H,24,29). The van der Waals surface area contributed by atoms with Gasteiger partial charge in [0.05, 0.1) is 10.8 Å². The number of rotatable bonds is 9. The predicted octanol–water partition coefficient (Wildman–Crippen LogP) is 4.60. The van der Waals surface area contributed by atoms with Crippen molar-refractivity contribution in [3.8, 4) is 5.75 Å². The van der Waals surface area contributed by atoms with Crippen molar-refractivity contribution in [3.05, 3.63) is 64.7 Å². The number of hydrogen-bond acceptors (Lipinski definition) is 6. The van der Waals surface area contributed by atoms with Crippen molar-refractivity contribution in [1.29, 1.82) is 0 Å². The number of halogens is 2. The normalized spacial score (nSPS) is 10.7. The lowest BCUT2D eigenvalue weighted by Crippen LogP contribution is -2.15. The number of nitrogens with zero attached hydrogens (tertiary/aromatic N) is 3. The Morgan fingerprint density at radius 1 is 1.23 bits per heavy atom. The third kappa shape index (κ3) is 6.05. The van der Waals surface area contributed by atoms with E-state index in [4.69, 9.17) is 16.3 Å². The molecule has 1 amide bonds. The van der Waals surface area contributed by atoms with Gasteiger partial charge in [0.1, 0.15) is 18.2 Å². The predicted molar refractivity (Wildman–Crippen MR) is 117 cm³/mol. The Bertz CT molecular complexity index is 1110. The van der Waals surface area contributed by atoms with Gasteiger partial charge in [-0.25, -0.2) is 4.39 Å². The van der Waals surface area contributed by atoms with Crippen molar-refractivity contribution in [1.82, 2.24) is 14.8 Å². The minimum absolute atomic E-state index is 0.0226. The maximum atomic E-state index is 13.3. The van der Waals surface area contributed by atoms with Crippen LogP contribution in [-0.2, 0) is 17.9 Å². The summed E-state index contributed by atoms with van der Waals surface area (Å²) in [6.45, 7) is 4.10. The van der Waals surface area contributed by atoms with Gasteiger partial charge in [0.25, 0.3) is 0 Å². The van der Waals surface area contributed by atoms with Crippen LogP contribution in [0.1, 0.15) is 30.0 Å². The first-order chi connectivity index (χ1) is 14.9. The first-order valence-corrected chi connectivity index (χ1v) is 10.8. The van der Waals surface area contributed by atoms with Crippen LogP contribution in [0.15, 0.2) is 47.6 Å². The molecule has 10 heteroatoms. The van der Waals surface area contributed by atoms with Crippen LogP contribution in [0.4, 0.5) is 10.1 Å². The quantitative estimate of drug-likeness (QED) is 0.369. The number of Topliss-reactive ketones (excluding diaryl/α,β-unsaturated/α-hetero) is 1. The fraction of sp³-hybridized carbons (Fsp3) is 0.238. The van der Waals surface area contributed by atoms with E-state index in [1.165, 1.54) is 36.9 Å². The molecule has 0 unspecified atom stereocenters. The molecule has 1 heterocycles. The van der Waals surface area contributed by atoms with Crippen molar-refractivity contribution in [3.63, 3.8) is 0 Å². The third-order valence-electron chi connectivity index (χ3n) is 4.25. The lowest BCUT2D eigenvalue weighted by Gasteiger charge is -2.09. The minimum atomic E-state index is -0.518. The first-order valence-electron chi connectivity index (χ1n) is 9.41. The lowest BCUT2D eigenvalue weighted by atomic mass is 10.1. The van der Waals surface area contributed by atoms with Gasteiger partial charge >= 0.3 is 0 Å². The fourth-order valence-corrected chi connectivity index (χ4v) is 3.70. The Labute approximate surface area is 188 Å². The molecule has 3 rings (SSSR count). The molecule has 0 aliphatic rings. The Morgan fingerprint density at radius 2 is 2.03 bits per heavy atom. The SMILES string of the molecule is CCn1c(COc2ccc(F)c(Cl)c2)nnc1SCC(=O)Nc1cccc(C(C)=O)c1. The van der Waals surface area contributed by atoms with Crippen LogP contribution in [0.25, 0.3) is 0 Å². The fourth-order valence-electron chi connectivity index (χ4n) is 2.71. The van der Waals surface area contributed by atoms with Crippen LogP contribution in [0.5, 0.6) is 5.75 Å². The molecule has 2 aromatic carbocycles. The number of nitrogens with one attached hydrogen (secondary N) is 1. The smallest absolute Gasteiger partial charge is 0.234 e. The number of carbonyl (C=O) groups excluding carboxylic acids is 2. The lowest BCUT2D eigenvalue weighted by molar-refractivity contribution is -0.113. The number of thioether (sulfide) groups is 1. The third-order valence-corrected chi connectivity index (χ3v) is 5.51. The van der Waals surface area contributed by atoms with E-state index in [1.807, 2.05) is 11.5 Å². The molecular weight excluding hydrogens is 443 g/mol. The summed E-state index contributed by atoms with van der Waals surface area (Å²) in [6.07, 6.45) is 0. The van der Waals surface area contributed by atoms with E-state index in [2.05, 4.69) is 15.5 Å². The highest BCUT2D eigenvalue weighted by Gasteiger charge is 2.14.